The summed E-state index contributed by atoms with van der Waals surface area (Å²) in [4.78, 5) is 0. The minimum Gasteiger partial charge on any atom is -0.397 e. The van der Waals surface area contributed by atoms with Gasteiger partial charge in [-0.1, -0.05) is 13.3 Å². The topological polar surface area (TPSA) is 18.5 Å². The maximum absolute atomic E-state index is 5.64. The Bertz CT molecular complexity index is 92.1. The number of hydrogen-bond acceptors (Lipinski definition) is 2. The van der Waals surface area contributed by atoms with E-state index in [1.807, 2.05) is 0 Å². The summed E-state index contributed by atoms with van der Waals surface area (Å²) in [6, 6.07) is 1.23. The third-order valence-corrected chi connectivity index (χ3v) is 4.03. The minimum absolute atomic E-state index is 0.924. The summed E-state index contributed by atoms with van der Waals surface area (Å²) in [7, 11) is -1.16. The lowest BCUT2D eigenvalue weighted by molar-refractivity contribution is 0.175. The van der Waals surface area contributed by atoms with Crippen molar-refractivity contribution in [2.75, 3.05) is 13.2 Å². The Morgan fingerprint density at radius 3 is 3.00 bits per heavy atom. The van der Waals surface area contributed by atoms with Gasteiger partial charge in [-0.05, 0) is 25.3 Å². The first-order chi connectivity index (χ1) is 5.43. The largest absolute Gasteiger partial charge is 0.397 e. The molecule has 0 N–H and O–H groups in total. The lowest BCUT2D eigenvalue weighted by Crippen LogP contribution is -2.27. The van der Waals surface area contributed by atoms with Gasteiger partial charge in [0.05, 0.1) is 0 Å². The predicted octanol–water partition coefficient (Wildman–Crippen LogP) is 1.83. The molecule has 0 radical (unpaired) electrons. The fourth-order valence-corrected chi connectivity index (χ4v) is 3.11. The van der Waals surface area contributed by atoms with Crippen LogP contribution in [0, 0.1) is 0 Å². The second-order valence-corrected chi connectivity index (χ2v) is 5.12. The molecule has 1 heterocycles. The molecule has 0 amide bonds. The van der Waals surface area contributed by atoms with E-state index in [0.29, 0.717) is 0 Å². The van der Waals surface area contributed by atoms with E-state index in [1.165, 1.54) is 31.7 Å². The van der Waals surface area contributed by atoms with Crippen LogP contribution in [0.15, 0.2) is 0 Å². The standard InChI is InChI=1S/C8H18O2Si/c1-2-3-6-9-11-8-5-4-7-10-11/h11H,2-8H2,1H3. The molecule has 1 unspecified atom stereocenters. The molecule has 1 saturated heterocycles. The predicted molar refractivity (Wildman–Crippen MR) is 48.0 cm³/mol. The number of hydrogen-bond donors (Lipinski definition) is 0. The lowest BCUT2D eigenvalue weighted by atomic mass is 10.4. The van der Waals surface area contributed by atoms with Gasteiger partial charge < -0.3 is 8.85 Å². The van der Waals surface area contributed by atoms with E-state index >= 15 is 0 Å². The molecule has 0 saturated carbocycles. The molecule has 1 atom stereocenters. The van der Waals surface area contributed by atoms with Gasteiger partial charge in [-0.15, -0.1) is 0 Å². The van der Waals surface area contributed by atoms with Crippen LogP contribution in [0.25, 0.3) is 0 Å². The summed E-state index contributed by atoms with van der Waals surface area (Å²) >= 11 is 0. The van der Waals surface area contributed by atoms with Gasteiger partial charge in [0, 0.05) is 13.2 Å². The number of unbranched alkanes of at least 4 members (excludes halogenated alkanes) is 1. The summed E-state index contributed by atoms with van der Waals surface area (Å²) in [5.74, 6) is 0. The van der Waals surface area contributed by atoms with E-state index in [9.17, 15) is 0 Å². The quantitative estimate of drug-likeness (QED) is 0.478. The van der Waals surface area contributed by atoms with Crippen LogP contribution in [0.5, 0.6) is 0 Å². The van der Waals surface area contributed by atoms with E-state index in [0.717, 1.165) is 13.2 Å². The molecular weight excluding hydrogens is 156 g/mol. The summed E-state index contributed by atoms with van der Waals surface area (Å²) in [6.45, 7) is 4.06. The molecule has 0 aromatic heterocycles. The first-order valence-corrected chi connectivity index (χ1v) is 6.42. The van der Waals surface area contributed by atoms with Crippen LogP contribution in [0.3, 0.4) is 0 Å². The van der Waals surface area contributed by atoms with Crippen molar-refractivity contribution in [3.8, 4) is 0 Å². The van der Waals surface area contributed by atoms with Gasteiger partial charge in [-0.3, -0.25) is 0 Å². The van der Waals surface area contributed by atoms with E-state index in [1.54, 1.807) is 0 Å². The van der Waals surface area contributed by atoms with Crippen molar-refractivity contribution < 1.29 is 8.85 Å². The highest BCUT2D eigenvalue weighted by Crippen LogP contribution is 2.11. The van der Waals surface area contributed by atoms with Crippen LogP contribution >= 0.6 is 0 Å². The van der Waals surface area contributed by atoms with Crippen molar-refractivity contribution in [1.29, 1.82) is 0 Å². The van der Waals surface area contributed by atoms with Gasteiger partial charge in [0.1, 0.15) is 0 Å². The van der Waals surface area contributed by atoms with Gasteiger partial charge in [0.15, 0.2) is 0 Å². The molecule has 0 spiro atoms. The van der Waals surface area contributed by atoms with E-state index < -0.39 is 9.28 Å². The fraction of sp³-hybridized carbons (Fsp3) is 1.00. The van der Waals surface area contributed by atoms with Gasteiger partial charge >= 0.3 is 9.28 Å². The summed E-state index contributed by atoms with van der Waals surface area (Å²) in [5.41, 5.74) is 0. The molecule has 1 rings (SSSR count). The molecule has 1 aliphatic heterocycles. The van der Waals surface area contributed by atoms with Gasteiger partial charge in [-0.25, -0.2) is 0 Å². The summed E-state index contributed by atoms with van der Waals surface area (Å²) < 4.78 is 11.2. The Kier molecular flexibility index (Phi) is 4.82. The average molecular weight is 174 g/mol. The lowest BCUT2D eigenvalue weighted by Gasteiger charge is -2.20. The molecule has 11 heavy (non-hydrogen) atoms. The Morgan fingerprint density at radius 1 is 1.45 bits per heavy atom. The third-order valence-electron chi connectivity index (χ3n) is 1.94. The summed E-state index contributed by atoms with van der Waals surface area (Å²) in [6.07, 6.45) is 4.97. The second kappa shape index (κ2) is 5.74. The van der Waals surface area contributed by atoms with E-state index in [4.69, 9.17) is 8.85 Å². The van der Waals surface area contributed by atoms with Crippen LogP contribution < -0.4 is 0 Å². The molecule has 0 aromatic rings. The molecule has 1 aliphatic rings. The highest BCUT2D eigenvalue weighted by Gasteiger charge is 2.16. The zero-order valence-corrected chi connectivity index (χ0v) is 8.50. The van der Waals surface area contributed by atoms with Crippen LogP contribution in [0.1, 0.15) is 32.6 Å². The van der Waals surface area contributed by atoms with Gasteiger partial charge in [0.2, 0.25) is 0 Å². The molecule has 66 valence electrons. The van der Waals surface area contributed by atoms with Crippen molar-refractivity contribution in [3.63, 3.8) is 0 Å². The highest BCUT2D eigenvalue weighted by molar-refractivity contribution is 6.44. The fourth-order valence-electron chi connectivity index (χ4n) is 1.20. The normalized spacial score (nSPS) is 25.4. The molecule has 3 heteroatoms. The van der Waals surface area contributed by atoms with E-state index in [-0.39, 0.29) is 0 Å². The second-order valence-electron chi connectivity index (χ2n) is 3.02. The Morgan fingerprint density at radius 2 is 2.36 bits per heavy atom. The van der Waals surface area contributed by atoms with Crippen LogP contribution in [0.4, 0.5) is 0 Å². The molecule has 0 aliphatic carbocycles. The maximum Gasteiger partial charge on any atom is 0.321 e. The van der Waals surface area contributed by atoms with Crippen molar-refractivity contribution in [2.45, 2.75) is 38.7 Å². The monoisotopic (exact) mass is 174 g/mol. The molecule has 0 aromatic carbocycles. The van der Waals surface area contributed by atoms with Gasteiger partial charge in [0.25, 0.3) is 0 Å². The zero-order chi connectivity index (χ0) is 7.94. The molecule has 1 fully saturated rings. The molecule has 0 bridgehead atoms. The first-order valence-electron chi connectivity index (χ1n) is 4.66. The van der Waals surface area contributed by atoms with Gasteiger partial charge in [-0.2, -0.15) is 0 Å². The van der Waals surface area contributed by atoms with Crippen LogP contribution in [-0.2, 0) is 8.85 Å². The zero-order valence-electron chi connectivity index (χ0n) is 7.34. The molecular formula is C8H18O2Si. The minimum atomic E-state index is -1.16. The first kappa shape index (κ1) is 9.23. The maximum atomic E-state index is 5.64. The van der Waals surface area contributed by atoms with Crippen molar-refractivity contribution in [1.82, 2.24) is 0 Å². The SMILES string of the molecule is CCCCO[SiH]1CCCCO1. The van der Waals surface area contributed by atoms with Crippen molar-refractivity contribution >= 4 is 9.28 Å². The third kappa shape index (κ3) is 3.89. The average Bonchev–Trinajstić information content (AvgIpc) is 2.07. The van der Waals surface area contributed by atoms with Crippen molar-refractivity contribution in [2.24, 2.45) is 0 Å². The Hall–Kier alpha value is 0.137. The van der Waals surface area contributed by atoms with Crippen LogP contribution in [-0.4, -0.2) is 22.5 Å². The number of rotatable bonds is 4. The molecule has 2 nitrogen and oxygen atoms in total. The smallest absolute Gasteiger partial charge is 0.321 e. The van der Waals surface area contributed by atoms with E-state index in [2.05, 4.69) is 6.92 Å². The van der Waals surface area contributed by atoms with Crippen LogP contribution in [0.2, 0.25) is 6.04 Å². The highest BCUT2D eigenvalue weighted by atomic mass is 28.3. The van der Waals surface area contributed by atoms with Crippen molar-refractivity contribution in [3.05, 3.63) is 0 Å². The summed E-state index contributed by atoms with van der Waals surface area (Å²) in [5, 5.41) is 0. The Labute approximate surface area is 70.7 Å². The Balaban J connectivity index is 1.96.